The summed E-state index contributed by atoms with van der Waals surface area (Å²) in [4.78, 5) is 14.5. The zero-order chi connectivity index (χ0) is 19.8. The lowest BCUT2D eigenvalue weighted by Gasteiger charge is -2.26. The van der Waals surface area contributed by atoms with E-state index >= 15 is 0 Å². The van der Waals surface area contributed by atoms with Crippen LogP contribution in [0.3, 0.4) is 0 Å². The summed E-state index contributed by atoms with van der Waals surface area (Å²) in [7, 11) is 0. The summed E-state index contributed by atoms with van der Waals surface area (Å²) in [6.07, 6.45) is -0.330. The van der Waals surface area contributed by atoms with Crippen molar-refractivity contribution in [2.24, 2.45) is 0 Å². The standard InChI is InChI=1S/C24H24FNO2/c1-19(28-24(27)22-13-8-14-23(25)15-22)16-26(17-20-9-4-2-5-10-20)18-21-11-6-3-7-12-21/h2-15,19H,16-18H2,1H3/t19-/m0/s1. The molecule has 0 unspecified atom stereocenters. The van der Waals surface area contributed by atoms with Crippen molar-refractivity contribution in [3.05, 3.63) is 107 Å². The van der Waals surface area contributed by atoms with Crippen molar-refractivity contribution >= 4 is 5.97 Å². The summed E-state index contributed by atoms with van der Waals surface area (Å²) in [6.45, 7) is 3.93. The van der Waals surface area contributed by atoms with E-state index < -0.39 is 11.8 Å². The largest absolute Gasteiger partial charge is 0.458 e. The number of benzene rings is 3. The van der Waals surface area contributed by atoms with Gasteiger partial charge in [-0.15, -0.1) is 0 Å². The first-order valence-electron chi connectivity index (χ1n) is 9.37. The first kappa shape index (κ1) is 19.8. The van der Waals surface area contributed by atoms with Crippen LogP contribution < -0.4 is 0 Å². The molecule has 144 valence electrons. The maximum Gasteiger partial charge on any atom is 0.338 e. The Bertz CT molecular complexity index is 842. The number of ether oxygens (including phenoxy) is 1. The smallest absolute Gasteiger partial charge is 0.338 e. The van der Waals surface area contributed by atoms with Gasteiger partial charge >= 0.3 is 5.97 Å². The zero-order valence-corrected chi connectivity index (χ0v) is 15.9. The monoisotopic (exact) mass is 377 g/mol. The third-order valence-electron chi connectivity index (χ3n) is 4.38. The summed E-state index contributed by atoms with van der Waals surface area (Å²) in [6, 6.07) is 26.0. The minimum absolute atomic E-state index is 0.226. The van der Waals surface area contributed by atoms with Gasteiger partial charge in [0.1, 0.15) is 11.9 Å². The maximum absolute atomic E-state index is 13.3. The highest BCUT2D eigenvalue weighted by Crippen LogP contribution is 2.13. The number of hydrogen-bond donors (Lipinski definition) is 0. The van der Waals surface area contributed by atoms with Crippen LogP contribution in [0.5, 0.6) is 0 Å². The second kappa shape index (κ2) is 9.81. The number of carbonyl (C=O) groups is 1. The topological polar surface area (TPSA) is 29.5 Å². The maximum atomic E-state index is 13.3. The van der Waals surface area contributed by atoms with Crippen molar-refractivity contribution in [1.82, 2.24) is 4.90 Å². The Morgan fingerprint density at radius 1 is 0.893 bits per heavy atom. The van der Waals surface area contributed by atoms with E-state index in [0.717, 1.165) is 13.1 Å². The molecule has 0 aliphatic rings. The predicted molar refractivity (Wildman–Crippen MR) is 108 cm³/mol. The van der Waals surface area contributed by atoms with Crippen LogP contribution >= 0.6 is 0 Å². The highest BCUT2D eigenvalue weighted by atomic mass is 19.1. The number of rotatable bonds is 8. The molecule has 3 nitrogen and oxygen atoms in total. The average molecular weight is 377 g/mol. The second-order valence-electron chi connectivity index (χ2n) is 6.87. The highest BCUT2D eigenvalue weighted by molar-refractivity contribution is 5.89. The minimum atomic E-state index is -0.508. The Morgan fingerprint density at radius 3 is 2.00 bits per heavy atom. The van der Waals surface area contributed by atoms with Crippen molar-refractivity contribution in [1.29, 1.82) is 0 Å². The molecule has 0 spiro atoms. The molecule has 0 heterocycles. The Labute approximate surface area is 165 Å². The summed E-state index contributed by atoms with van der Waals surface area (Å²) in [5.41, 5.74) is 2.62. The molecule has 28 heavy (non-hydrogen) atoms. The third kappa shape index (κ3) is 6.03. The average Bonchev–Trinajstić information content (AvgIpc) is 2.69. The SMILES string of the molecule is C[C@@H](CN(Cc1ccccc1)Cc1ccccc1)OC(=O)c1cccc(F)c1. The van der Waals surface area contributed by atoms with Gasteiger partial charge < -0.3 is 4.74 Å². The molecule has 0 saturated carbocycles. The van der Waals surface area contributed by atoms with Crippen LogP contribution in [0.4, 0.5) is 4.39 Å². The molecule has 3 rings (SSSR count). The van der Waals surface area contributed by atoms with E-state index in [0.29, 0.717) is 6.54 Å². The minimum Gasteiger partial charge on any atom is -0.458 e. The Kier molecular flexibility index (Phi) is 6.93. The fourth-order valence-corrected chi connectivity index (χ4v) is 3.14. The molecule has 0 amide bonds. The molecule has 0 fully saturated rings. The quantitative estimate of drug-likeness (QED) is 0.513. The summed E-state index contributed by atoms with van der Waals surface area (Å²) in [5, 5.41) is 0. The van der Waals surface area contributed by atoms with E-state index in [2.05, 4.69) is 29.2 Å². The van der Waals surface area contributed by atoms with Gasteiger partial charge in [0.05, 0.1) is 5.56 Å². The molecule has 0 aromatic heterocycles. The lowest BCUT2D eigenvalue weighted by atomic mass is 10.1. The molecule has 4 heteroatoms. The van der Waals surface area contributed by atoms with Crippen molar-refractivity contribution in [3.63, 3.8) is 0 Å². The number of hydrogen-bond acceptors (Lipinski definition) is 3. The Balaban J connectivity index is 1.66. The molecule has 0 bridgehead atoms. The molecule has 0 aliphatic heterocycles. The predicted octanol–water partition coefficient (Wildman–Crippen LogP) is 5.07. The number of esters is 1. The van der Waals surface area contributed by atoms with Crippen LogP contribution in [0, 0.1) is 5.82 Å². The van der Waals surface area contributed by atoms with Crippen molar-refractivity contribution in [2.45, 2.75) is 26.1 Å². The van der Waals surface area contributed by atoms with Crippen molar-refractivity contribution in [2.75, 3.05) is 6.54 Å². The molecule has 3 aromatic carbocycles. The van der Waals surface area contributed by atoms with E-state index in [1.165, 1.54) is 29.3 Å². The molecule has 1 atom stereocenters. The molecular weight excluding hydrogens is 353 g/mol. The van der Waals surface area contributed by atoms with Gasteiger partial charge in [-0.2, -0.15) is 0 Å². The zero-order valence-electron chi connectivity index (χ0n) is 15.9. The summed E-state index contributed by atoms with van der Waals surface area (Å²) in [5.74, 6) is -0.955. The fourth-order valence-electron chi connectivity index (χ4n) is 3.14. The molecule has 3 aromatic rings. The lowest BCUT2D eigenvalue weighted by molar-refractivity contribution is 0.0236. The molecule has 0 aliphatic carbocycles. The summed E-state index contributed by atoms with van der Waals surface area (Å²) >= 11 is 0. The van der Waals surface area contributed by atoms with E-state index in [9.17, 15) is 9.18 Å². The van der Waals surface area contributed by atoms with Gasteiger partial charge in [-0.3, -0.25) is 4.90 Å². The first-order chi connectivity index (χ1) is 13.6. The van der Waals surface area contributed by atoms with Gasteiger partial charge in [-0.05, 0) is 36.2 Å². The van der Waals surface area contributed by atoms with E-state index in [-0.39, 0.29) is 11.7 Å². The van der Waals surface area contributed by atoms with Crippen molar-refractivity contribution in [3.8, 4) is 0 Å². The number of carbonyl (C=O) groups excluding carboxylic acids is 1. The van der Waals surface area contributed by atoms with Crippen molar-refractivity contribution < 1.29 is 13.9 Å². The van der Waals surface area contributed by atoms with E-state index in [4.69, 9.17) is 4.74 Å². The van der Waals surface area contributed by atoms with Crippen LogP contribution in [0.2, 0.25) is 0 Å². The Morgan fingerprint density at radius 2 is 1.46 bits per heavy atom. The third-order valence-corrected chi connectivity index (χ3v) is 4.38. The van der Waals surface area contributed by atoms with Crippen LogP contribution in [0.25, 0.3) is 0 Å². The van der Waals surface area contributed by atoms with E-state index in [1.54, 1.807) is 6.07 Å². The summed E-state index contributed by atoms with van der Waals surface area (Å²) < 4.78 is 18.9. The highest BCUT2D eigenvalue weighted by Gasteiger charge is 2.17. The first-order valence-corrected chi connectivity index (χ1v) is 9.37. The lowest BCUT2D eigenvalue weighted by Crippen LogP contribution is -2.33. The van der Waals surface area contributed by atoms with Gasteiger partial charge in [0.15, 0.2) is 0 Å². The number of nitrogens with zero attached hydrogens (tertiary/aromatic N) is 1. The van der Waals surface area contributed by atoms with Gasteiger partial charge in [0, 0.05) is 19.6 Å². The molecule has 0 N–H and O–H groups in total. The molecular formula is C24H24FNO2. The van der Waals surface area contributed by atoms with Gasteiger partial charge in [0.25, 0.3) is 0 Å². The second-order valence-corrected chi connectivity index (χ2v) is 6.87. The molecule has 0 saturated heterocycles. The van der Waals surface area contributed by atoms with Gasteiger partial charge in [0.2, 0.25) is 0 Å². The van der Waals surface area contributed by atoms with Crippen LogP contribution in [-0.4, -0.2) is 23.5 Å². The molecule has 0 radical (unpaired) electrons. The number of halogens is 1. The van der Waals surface area contributed by atoms with Gasteiger partial charge in [-0.25, -0.2) is 9.18 Å². The fraction of sp³-hybridized carbons (Fsp3) is 0.208. The van der Waals surface area contributed by atoms with Crippen LogP contribution in [0.1, 0.15) is 28.4 Å². The van der Waals surface area contributed by atoms with Crippen LogP contribution in [0.15, 0.2) is 84.9 Å². The van der Waals surface area contributed by atoms with Gasteiger partial charge in [-0.1, -0.05) is 66.7 Å². The normalized spacial score (nSPS) is 12.0. The Hall–Kier alpha value is -2.98. The van der Waals surface area contributed by atoms with E-state index in [1.807, 2.05) is 43.3 Å². The van der Waals surface area contributed by atoms with Crippen LogP contribution in [-0.2, 0) is 17.8 Å².